The number of methoxy groups -OCH3 is 1. The second kappa shape index (κ2) is 9.52. The summed E-state index contributed by atoms with van der Waals surface area (Å²) in [6.45, 7) is 0.618. The molecular weight excluding hydrogens is 416 g/mol. The number of aromatic nitrogens is 3. The minimum Gasteiger partial charge on any atom is -0.497 e. The lowest BCUT2D eigenvalue weighted by Crippen LogP contribution is -2.39. The number of pyridine rings is 1. The number of ether oxygens (including phenoxy) is 1. The topological polar surface area (TPSA) is 109 Å². The zero-order valence-corrected chi connectivity index (χ0v) is 17.8. The number of carbonyl (C=O) groups excluding carboxylic acids is 2. The van der Waals surface area contributed by atoms with Gasteiger partial charge in [0.1, 0.15) is 5.75 Å². The zero-order chi connectivity index (χ0) is 21.6. The van der Waals surface area contributed by atoms with Gasteiger partial charge in [0.25, 0.3) is 5.91 Å². The molecule has 10 heteroatoms. The highest BCUT2D eigenvalue weighted by molar-refractivity contribution is 7.10. The molecule has 4 rings (SSSR count). The van der Waals surface area contributed by atoms with E-state index in [0.29, 0.717) is 23.0 Å². The lowest BCUT2D eigenvalue weighted by molar-refractivity contribution is 0.0606. The predicted octanol–water partition coefficient (Wildman–Crippen LogP) is 3.95. The van der Waals surface area contributed by atoms with Crippen molar-refractivity contribution < 1.29 is 14.3 Å². The summed E-state index contributed by atoms with van der Waals surface area (Å²) in [6.07, 6.45) is 6.31. The summed E-state index contributed by atoms with van der Waals surface area (Å²) in [4.78, 5) is 31.7. The molecule has 0 radical (unpaired) electrons. The Kier molecular flexibility index (Phi) is 6.37. The van der Waals surface area contributed by atoms with Gasteiger partial charge in [0.05, 0.1) is 13.2 Å². The van der Waals surface area contributed by atoms with Crippen LogP contribution >= 0.6 is 11.5 Å². The number of piperidine rings is 1. The van der Waals surface area contributed by atoms with Gasteiger partial charge in [-0.3, -0.25) is 15.1 Å². The number of hydrogen-bond donors (Lipinski definition) is 2. The molecule has 160 valence electrons. The van der Waals surface area contributed by atoms with Crippen LogP contribution in [0, 0.1) is 0 Å². The molecule has 2 aromatic heterocycles. The van der Waals surface area contributed by atoms with E-state index in [1.165, 1.54) is 0 Å². The minimum atomic E-state index is -0.479. The number of likely N-dealkylation sites (tertiary alicyclic amines) is 1. The molecule has 3 aromatic rings. The number of hydrogen-bond acceptors (Lipinski definition) is 7. The van der Waals surface area contributed by atoms with Crippen molar-refractivity contribution in [2.45, 2.75) is 25.3 Å². The molecule has 1 aliphatic rings. The van der Waals surface area contributed by atoms with Crippen molar-refractivity contribution in [1.82, 2.24) is 19.5 Å². The van der Waals surface area contributed by atoms with Gasteiger partial charge in [0.2, 0.25) is 0 Å². The van der Waals surface area contributed by atoms with Gasteiger partial charge in [0.15, 0.2) is 10.7 Å². The summed E-state index contributed by atoms with van der Waals surface area (Å²) >= 11 is 0.971. The van der Waals surface area contributed by atoms with Gasteiger partial charge < -0.3 is 15.0 Å². The number of amides is 3. The fraction of sp³-hybridized carbons (Fsp3) is 0.286. The summed E-state index contributed by atoms with van der Waals surface area (Å²) in [5, 5.41) is 9.74. The largest absolute Gasteiger partial charge is 0.497 e. The molecule has 1 aliphatic heterocycles. The second-order valence-electron chi connectivity index (χ2n) is 7.05. The number of carbonyl (C=O) groups is 2. The quantitative estimate of drug-likeness (QED) is 0.624. The molecule has 0 bridgehead atoms. The Hall–Kier alpha value is -3.53. The highest BCUT2D eigenvalue weighted by atomic mass is 32.1. The molecule has 1 fully saturated rings. The van der Waals surface area contributed by atoms with Gasteiger partial charge in [0, 0.05) is 36.2 Å². The number of anilines is 2. The van der Waals surface area contributed by atoms with Crippen LogP contribution in [-0.4, -0.2) is 45.1 Å². The Morgan fingerprint density at radius 2 is 2.00 bits per heavy atom. The number of nitrogens with zero attached hydrogens (tertiary/aromatic N) is 4. The minimum absolute atomic E-state index is 0.0716. The third-order valence-corrected chi connectivity index (χ3v) is 5.74. The summed E-state index contributed by atoms with van der Waals surface area (Å²) in [5.74, 6) is 0.442. The lowest BCUT2D eigenvalue weighted by atomic mass is 9.96. The van der Waals surface area contributed by atoms with E-state index < -0.39 is 6.03 Å². The standard InChI is InChI=1S/C21H22N6O3S/c1-30-16-9-7-15(8-10-16)23-21(29)24-19-18(25-26-31-19)20(28)27-12-3-2-6-17(27)14-5-4-11-22-13-14/h4-5,7-11,13,17H,2-3,6,12H2,1H3,(H2,23,24,29). The number of benzene rings is 1. The molecule has 0 aliphatic carbocycles. The normalized spacial score (nSPS) is 15.9. The summed E-state index contributed by atoms with van der Waals surface area (Å²) in [6, 6.07) is 10.2. The van der Waals surface area contributed by atoms with Gasteiger partial charge in [-0.05, 0) is 55.2 Å². The molecule has 3 amide bonds. The molecule has 0 spiro atoms. The van der Waals surface area contributed by atoms with Crippen LogP contribution in [0.5, 0.6) is 5.75 Å². The number of urea groups is 1. The highest BCUT2D eigenvalue weighted by Crippen LogP contribution is 2.33. The Morgan fingerprint density at radius 3 is 2.74 bits per heavy atom. The second-order valence-corrected chi connectivity index (χ2v) is 7.81. The number of rotatable bonds is 5. The molecular formula is C21H22N6O3S. The van der Waals surface area contributed by atoms with E-state index >= 15 is 0 Å². The molecule has 2 N–H and O–H groups in total. The predicted molar refractivity (Wildman–Crippen MR) is 117 cm³/mol. The van der Waals surface area contributed by atoms with Crippen molar-refractivity contribution in [1.29, 1.82) is 0 Å². The fourth-order valence-corrected chi connectivity index (χ4v) is 4.14. The first kappa shape index (κ1) is 20.7. The van der Waals surface area contributed by atoms with Gasteiger partial charge >= 0.3 is 6.03 Å². The molecule has 31 heavy (non-hydrogen) atoms. The maximum Gasteiger partial charge on any atom is 0.324 e. The Morgan fingerprint density at radius 1 is 1.16 bits per heavy atom. The van der Waals surface area contributed by atoms with Gasteiger partial charge in [-0.1, -0.05) is 10.6 Å². The van der Waals surface area contributed by atoms with E-state index in [4.69, 9.17) is 4.74 Å². The van der Waals surface area contributed by atoms with Gasteiger partial charge in [-0.25, -0.2) is 4.79 Å². The van der Waals surface area contributed by atoms with Crippen molar-refractivity contribution in [3.05, 3.63) is 60.0 Å². The van der Waals surface area contributed by atoms with Crippen molar-refractivity contribution in [3.63, 3.8) is 0 Å². The smallest absolute Gasteiger partial charge is 0.324 e. The summed E-state index contributed by atoms with van der Waals surface area (Å²) < 4.78 is 9.00. The first-order chi connectivity index (χ1) is 15.2. The van der Waals surface area contributed by atoms with Crippen LogP contribution in [0.15, 0.2) is 48.8 Å². The summed E-state index contributed by atoms with van der Waals surface area (Å²) in [7, 11) is 1.58. The first-order valence-corrected chi connectivity index (χ1v) is 10.7. The van der Waals surface area contributed by atoms with Gasteiger partial charge in [-0.15, -0.1) is 5.10 Å². The van der Waals surface area contributed by atoms with E-state index in [0.717, 1.165) is 36.4 Å². The molecule has 1 atom stereocenters. The number of nitrogens with one attached hydrogen (secondary N) is 2. The van der Waals surface area contributed by atoms with Crippen molar-refractivity contribution in [3.8, 4) is 5.75 Å². The average molecular weight is 439 g/mol. The fourth-order valence-electron chi connectivity index (χ4n) is 3.58. The van der Waals surface area contributed by atoms with E-state index in [-0.39, 0.29) is 17.6 Å². The van der Waals surface area contributed by atoms with Crippen molar-refractivity contribution in [2.24, 2.45) is 0 Å². The molecule has 1 unspecified atom stereocenters. The first-order valence-electron chi connectivity index (χ1n) is 9.91. The zero-order valence-electron chi connectivity index (χ0n) is 16.9. The van der Waals surface area contributed by atoms with Crippen LogP contribution in [-0.2, 0) is 0 Å². The third kappa shape index (κ3) is 4.80. The Bertz CT molecular complexity index is 1040. The average Bonchev–Trinajstić information content (AvgIpc) is 3.27. The SMILES string of the molecule is COc1ccc(NC(=O)Nc2snnc2C(=O)N2CCCCC2c2cccnc2)cc1. The molecule has 3 heterocycles. The maximum atomic E-state index is 13.3. The van der Waals surface area contributed by atoms with E-state index in [1.54, 1.807) is 48.7 Å². The van der Waals surface area contributed by atoms with E-state index in [1.807, 2.05) is 12.1 Å². The molecule has 1 aromatic carbocycles. The molecule has 9 nitrogen and oxygen atoms in total. The van der Waals surface area contributed by atoms with Crippen molar-refractivity contribution in [2.75, 3.05) is 24.3 Å². The van der Waals surface area contributed by atoms with Crippen LogP contribution < -0.4 is 15.4 Å². The lowest BCUT2D eigenvalue weighted by Gasteiger charge is -2.35. The maximum absolute atomic E-state index is 13.3. The van der Waals surface area contributed by atoms with Crippen LogP contribution in [0.25, 0.3) is 0 Å². The van der Waals surface area contributed by atoms with Gasteiger partial charge in [-0.2, -0.15) is 0 Å². The van der Waals surface area contributed by atoms with E-state index in [2.05, 4.69) is 25.2 Å². The van der Waals surface area contributed by atoms with Crippen LogP contribution in [0.4, 0.5) is 15.5 Å². The third-order valence-electron chi connectivity index (χ3n) is 5.10. The van der Waals surface area contributed by atoms with E-state index in [9.17, 15) is 9.59 Å². The van der Waals surface area contributed by atoms with Crippen molar-refractivity contribution >= 4 is 34.2 Å². The summed E-state index contributed by atoms with van der Waals surface area (Å²) in [5.41, 5.74) is 1.73. The highest BCUT2D eigenvalue weighted by Gasteiger charge is 2.32. The molecule has 1 saturated heterocycles. The molecule has 0 saturated carbocycles. The Labute approximate surface area is 183 Å². The Balaban J connectivity index is 1.47. The monoisotopic (exact) mass is 438 g/mol. The van der Waals surface area contributed by atoms with Crippen LogP contribution in [0.1, 0.15) is 41.4 Å². The van der Waals surface area contributed by atoms with Crippen LogP contribution in [0.2, 0.25) is 0 Å². The van der Waals surface area contributed by atoms with Crippen LogP contribution in [0.3, 0.4) is 0 Å².